The first kappa shape index (κ1) is 15.7. The molecule has 0 fully saturated rings. The standard InChI is InChI=1S/C17H10ClFN4O/c18-16-14(23-8-4-3-7-15(23)22-16)9-11(10-20)17(24)21-13-6-2-1-5-12(13)19/h1-9H,(H,21,24). The first-order valence-corrected chi connectivity index (χ1v) is 7.28. The number of carbonyl (C=O) groups excluding carboxylic acids is 1. The van der Waals surface area contributed by atoms with Gasteiger partial charge in [0, 0.05) is 6.20 Å². The normalized spacial score (nSPS) is 11.3. The first-order valence-electron chi connectivity index (χ1n) is 6.90. The number of nitrogens with zero attached hydrogens (tertiary/aromatic N) is 3. The number of para-hydroxylation sites is 1. The van der Waals surface area contributed by atoms with Crippen LogP contribution < -0.4 is 5.32 Å². The molecule has 2 heterocycles. The molecular weight excluding hydrogens is 331 g/mol. The summed E-state index contributed by atoms with van der Waals surface area (Å²) >= 11 is 6.08. The van der Waals surface area contributed by atoms with Gasteiger partial charge in [-0.15, -0.1) is 0 Å². The molecule has 0 saturated heterocycles. The second-order valence-electron chi connectivity index (χ2n) is 4.82. The van der Waals surface area contributed by atoms with Crippen LogP contribution in [0.15, 0.2) is 54.2 Å². The maximum atomic E-state index is 13.6. The van der Waals surface area contributed by atoms with Crippen molar-refractivity contribution >= 4 is 34.9 Å². The fourth-order valence-corrected chi connectivity index (χ4v) is 2.38. The summed E-state index contributed by atoms with van der Waals surface area (Å²) in [5.74, 6) is -1.32. The highest BCUT2D eigenvalue weighted by atomic mass is 35.5. The van der Waals surface area contributed by atoms with Crippen LogP contribution in [-0.4, -0.2) is 15.3 Å². The van der Waals surface area contributed by atoms with Gasteiger partial charge >= 0.3 is 0 Å². The number of aromatic nitrogens is 2. The summed E-state index contributed by atoms with van der Waals surface area (Å²) in [5, 5.41) is 11.8. The Morgan fingerprint density at radius 1 is 1.29 bits per heavy atom. The summed E-state index contributed by atoms with van der Waals surface area (Å²) in [4.78, 5) is 16.4. The molecule has 1 amide bonds. The van der Waals surface area contributed by atoms with Gasteiger partial charge in [0.2, 0.25) is 0 Å². The van der Waals surface area contributed by atoms with E-state index in [0.717, 1.165) is 0 Å². The van der Waals surface area contributed by atoms with Crippen LogP contribution in [0.1, 0.15) is 5.69 Å². The molecule has 0 radical (unpaired) electrons. The number of pyridine rings is 1. The van der Waals surface area contributed by atoms with Crippen LogP contribution in [-0.2, 0) is 4.79 Å². The fourth-order valence-electron chi connectivity index (χ4n) is 2.15. The molecular formula is C17H10ClFN4O. The van der Waals surface area contributed by atoms with Crippen molar-refractivity contribution in [2.24, 2.45) is 0 Å². The average Bonchev–Trinajstić information content (AvgIpc) is 2.90. The fraction of sp³-hybridized carbons (Fsp3) is 0. The Kier molecular flexibility index (Phi) is 4.27. The van der Waals surface area contributed by atoms with Gasteiger partial charge in [0.1, 0.15) is 23.1 Å². The number of amides is 1. The van der Waals surface area contributed by atoms with Gasteiger partial charge in [0.25, 0.3) is 5.91 Å². The molecule has 5 nitrogen and oxygen atoms in total. The number of fused-ring (bicyclic) bond motifs is 1. The van der Waals surface area contributed by atoms with Crippen LogP contribution in [0.2, 0.25) is 5.15 Å². The highest BCUT2D eigenvalue weighted by Crippen LogP contribution is 2.21. The Morgan fingerprint density at radius 3 is 2.79 bits per heavy atom. The molecule has 118 valence electrons. The third-order valence-electron chi connectivity index (χ3n) is 3.29. The summed E-state index contributed by atoms with van der Waals surface area (Å²) in [5.41, 5.74) is 0.756. The van der Waals surface area contributed by atoms with Crippen LogP contribution in [0.5, 0.6) is 0 Å². The number of carbonyl (C=O) groups is 1. The second kappa shape index (κ2) is 6.52. The number of benzene rings is 1. The zero-order chi connectivity index (χ0) is 17.1. The SMILES string of the molecule is N#CC(=Cc1c(Cl)nc2ccccn12)C(=O)Nc1ccccc1F. The molecule has 1 aromatic carbocycles. The summed E-state index contributed by atoms with van der Waals surface area (Å²) in [6.45, 7) is 0. The van der Waals surface area contributed by atoms with Gasteiger partial charge in [-0.25, -0.2) is 9.37 Å². The molecule has 7 heteroatoms. The average molecular weight is 341 g/mol. The molecule has 0 atom stereocenters. The maximum Gasteiger partial charge on any atom is 0.266 e. The van der Waals surface area contributed by atoms with Crippen molar-refractivity contribution in [3.8, 4) is 6.07 Å². The lowest BCUT2D eigenvalue weighted by molar-refractivity contribution is -0.112. The summed E-state index contributed by atoms with van der Waals surface area (Å²) < 4.78 is 15.3. The molecule has 0 saturated carbocycles. The summed E-state index contributed by atoms with van der Waals surface area (Å²) in [6.07, 6.45) is 3.03. The van der Waals surface area contributed by atoms with E-state index in [4.69, 9.17) is 11.6 Å². The van der Waals surface area contributed by atoms with E-state index in [0.29, 0.717) is 11.3 Å². The summed E-state index contributed by atoms with van der Waals surface area (Å²) in [6, 6.07) is 12.8. The molecule has 1 N–H and O–H groups in total. The van der Waals surface area contributed by atoms with E-state index < -0.39 is 11.7 Å². The Bertz CT molecular complexity index is 1000. The van der Waals surface area contributed by atoms with Crippen molar-refractivity contribution in [2.75, 3.05) is 5.32 Å². The molecule has 0 aliphatic carbocycles. The Balaban J connectivity index is 1.97. The van der Waals surface area contributed by atoms with Crippen LogP contribution in [0.3, 0.4) is 0 Å². The topological polar surface area (TPSA) is 70.2 Å². The molecule has 3 rings (SSSR count). The van der Waals surface area contributed by atoms with Crippen molar-refractivity contribution < 1.29 is 9.18 Å². The third kappa shape index (κ3) is 2.98. The third-order valence-corrected chi connectivity index (χ3v) is 3.57. The summed E-state index contributed by atoms with van der Waals surface area (Å²) in [7, 11) is 0. The van der Waals surface area contributed by atoms with E-state index in [1.807, 2.05) is 0 Å². The van der Waals surface area contributed by atoms with E-state index in [1.54, 1.807) is 40.9 Å². The predicted octanol–water partition coefficient (Wildman–Crippen LogP) is 3.67. The maximum absolute atomic E-state index is 13.6. The van der Waals surface area contributed by atoms with E-state index in [9.17, 15) is 14.4 Å². The van der Waals surface area contributed by atoms with E-state index in [-0.39, 0.29) is 16.4 Å². The Hall–Kier alpha value is -3.17. The van der Waals surface area contributed by atoms with Crippen LogP contribution in [0.25, 0.3) is 11.7 Å². The number of hydrogen-bond donors (Lipinski definition) is 1. The van der Waals surface area contributed by atoms with Crippen molar-refractivity contribution in [2.45, 2.75) is 0 Å². The number of anilines is 1. The molecule has 0 aliphatic heterocycles. The highest BCUT2D eigenvalue weighted by molar-refractivity contribution is 6.31. The van der Waals surface area contributed by atoms with Crippen LogP contribution in [0, 0.1) is 17.1 Å². The van der Waals surface area contributed by atoms with Gasteiger partial charge in [0.15, 0.2) is 5.15 Å². The van der Waals surface area contributed by atoms with Gasteiger partial charge < -0.3 is 5.32 Å². The van der Waals surface area contributed by atoms with E-state index in [1.165, 1.54) is 24.3 Å². The first-order chi connectivity index (χ1) is 11.6. The lowest BCUT2D eigenvalue weighted by atomic mass is 10.2. The van der Waals surface area contributed by atoms with Gasteiger partial charge in [-0.3, -0.25) is 9.20 Å². The zero-order valence-corrected chi connectivity index (χ0v) is 13.0. The minimum atomic E-state index is -0.732. The number of halogens is 2. The van der Waals surface area contributed by atoms with Gasteiger partial charge in [0.05, 0.1) is 11.4 Å². The lowest BCUT2D eigenvalue weighted by Gasteiger charge is -2.05. The minimum absolute atomic E-state index is 0.00658. The van der Waals surface area contributed by atoms with Crippen LogP contribution >= 0.6 is 11.6 Å². The molecule has 0 bridgehead atoms. The molecule has 2 aromatic heterocycles. The van der Waals surface area contributed by atoms with Gasteiger partial charge in [-0.2, -0.15) is 5.26 Å². The van der Waals surface area contributed by atoms with Crippen molar-refractivity contribution in [1.29, 1.82) is 5.26 Å². The van der Waals surface area contributed by atoms with Crippen molar-refractivity contribution in [1.82, 2.24) is 9.38 Å². The Labute approximate surface area is 141 Å². The van der Waals surface area contributed by atoms with E-state index >= 15 is 0 Å². The highest BCUT2D eigenvalue weighted by Gasteiger charge is 2.15. The van der Waals surface area contributed by atoms with Crippen molar-refractivity contribution in [3.63, 3.8) is 0 Å². The largest absolute Gasteiger partial charge is 0.319 e. The lowest BCUT2D eigenvalue weighted by Crippen LogP contribution is -2.14. The number of nitrogens with one attached hydrogen (secondary N) is 1. The predicted molar refractivity (Wildman–Crippen MR) is 88.8 cm³/mol. The molecule has 0 unspecified atom stereocenters. The number of hydrogen-bond acceptors (Lipinski definition) is 3. The molecule has 0 spiro atoms. The second-order valence-corrected chi connectivity index (χ2v) is 5.18. The number of nitriles is 1. The quantitative estimate of drug-likeness (QED) is 0.584. The molecule has 0 aliphatic rings. The Morgan fingerprint density at radius 2 is 2.04 bits per heavy atom. The smallest absolute Gasteiger partial charge is 0.266 e. The van der Waals surface area contributed by atoms with Gasteiger partial charge in [-0.05, 0) is 30.3 Å². The zero-order valence-electron chi connectivity index (χ0n) is 12.2. The van der Waals surface area contributed by atoms with Crippen LogP contribution in [0.4, 0.5) is 10.1 Å². The number of rotatable bonds is 3. The molecule has 24 heavy (non-hydrogen) atoms. The van der Waals surface area contributed by atoms with Gasteiger partial charge in [-0.1, -0.05) is 29.8 Å². The van der Waals surface area contributed by atoms with E-state index in [2.05, 4.69) is 10.3 Å². The molecule has 3 aromatic rings. The minimum Gasteiger partial charge on any atom is -0.319 e. The number of imidazole rings is 1. The van der Waals surface area contributed by atoms with Crippen molar-refractivity contribution in [3.05, 3.63) is 70.9 Å². The monoisotopic (exact) mass is 340 g/mol.